The number of thiophene rings is 1. The van der Waals surface area contributed by atoms with Gasteiger partial charge in [-0.1, -0.05) is 18.2 Å². The summed E-state index contributed by atoms with van der Waals surface area (Å²) in [6.45, 7) is 4.13. The zero-order valence-electron chi connectivity index (χ0n) is 11.6. The van der Waals surface area contributed by atoms with E-state index in [0.29, 0.717) is 0 Å². The summed E-state index contributed by atoms with van der Waals surface area (Å²) in [5, 5.41) is 3.30. The van der Waals surface area contributed by atoms with Crippen molar-refractivity contribution < 1.29 is 0 Å². The number of hydrogen-bond acceptors (Lipinski definition) is 4. The highest BCUT2D eigenvalue weighted by molar-refractivity contribution is 7.10. The topological polar surface area (TPSA) is 50.9 Å². The van der Waals surface area contributed by atoms with Gasteiger partial charge in [0, 0.05) is 16.0 Å². The van der Waals surface area contributed by atoms with E-state index in [1.54, 1.807) is 11.3 Å². The minimum absolute atomic E-state index is 0.00782. The molecule has 0 spiro atoms. The summed E-state index contributed by atoms with van der Waals surface area (Å²) in [5.74, 6) is 5.82. The van der Waals surface area contributed by atoms with Gasteiger partial charge in [-0.05, 0) is 48.6 Å². The van der Waals surface area contributed by atoms with Gasteiger partial charge in [-0.15, -0.1) is 11.3 Å². The third-order valence-electron chi connectivity index (χ3n) is 3.44. The Morgan fingerprint density at radius 3 is 2.70 bits per heavy atom. The van der Waals surface area contributed by atoms with E-state index in [0.717, 1.165) is 16.6 Å². The number of benzene rings is 1. The summed E-state index contributed by atoms with van der Waals surface area (Å²) in [4.78, 5) is 5.87. The van der Waals surface area contributed by atoms with Crippen molar-refractivity contribution in [3.8, 4) is 0 Å². The lowest BCUT2D eigenvalue weighted by molar-refractivity contribution is 0.641. The standard InChI is InChI=1S/C16H17N3S/c1-10-7-14(13-5-3-4-6-15(13)18-10)16(19-17)12-8-11(2)20-9-12/h3-9,16,19H,17H2,1-2H3. The molecule has 0 bridgehead atoms. The van der Waals surface area contributed by atoms with Gasteiger partial charge in [0.15, 0.2) is 0 Å². The maximum atomic E-state index is 5.82. The van der Waals surface area contributed by atoms with Gasteiger partial charge in [-0.3, -0.25) is 10.8 Å². The minimum Gasteiger partial charge on any atom is -0.271 e. The second-order valence-corrected chi connectivity index (χ2v) is 6.08. The quantitative estimate of drug-likeness (QED) is 0.571. The third-order valence-corrected chi connectivity index (χ3v) is 4.32. The van der Waals surface area contributed by atoms with E-state index in [2.05, 4.69) is 40.9 Å². The Bertz CT molecular complexity index is 748. The number of hydrazine groups is 1. The fourth-order valence-electron chi connectivity index (χ4n) is 2.56. The van der Waals surface area contributed by atoms with E-state index in [1.165, 1.54) is 16.0 Å². The van der Waals surface area contributed by atoms with Crippen molar-refractivity contribution in [1.82, 2.24) is 10.4 Å². The molecule has 3 rings (SSSR count). The van der Waals surface area contributed by atoms with Gasteiger partial charge in [0.2, 0.25) is 0 Å². The molecule has 2 aromatic heterocycles. The Labute approximate surface area is 122 Å². The first-order valence-corrected chi connectivity index (χ1v) is 7.44. The number of rotatable bonds is 3. The number of nitrogens with zero attached hydrogens (tertiary/aromatic N) is 1. The molecule has 1 unspecified atom stereocenters. The van der Waals surface area contributed by atoms with Gasteiger partial charge in [0.1, 0.15) is 0 Å². The van der Waals surface area contributed by atoms with E-state index in [-0.39, 0.29) is 6.04 Å². The summed E-state index contributed by atoms with van der Waals surface area (Å²) in [5.41, 5.74) is 7.33. The molecule has 0 aliphatic carbocycles. The van der Waals surface area contributed by atoms with E-state index in [1.807, 2.05) is 25.1 Å². The van der Waals surface area contributed by atoms with Crippen LogP contribution in [-0.2, 0) is 0 Å². The lowest BCUT2D eigenvalue weighted by atomic mass is 9.97. The van der Waals surface area contributed by atoms with Crippen molar-refractivity contribution in [2.24, 2.45) is 5.84 Å². The predicted molar refractivity (Wildman–Crippen MR) is 84.7 cm³/mol. The molecule has 0 saturated heterocycles. The van der Waals surface area contributed by atoms with E-state index < -0.39 is 0 Å². The average molecular weight is 283 g/mol. The van der Waals surface area contributed by atoms with E-state index >= 15 is 0 Å². The molecule has 0 fully saturated rings. The first kappa shape index (κ1) is 13.2. The molecule has 3 nitrogen and oxygen atoms in total. The Hall–Kier alpha value is -1.75. The van der Waals surface area contributed by atoms with Crippen LogP contribution < -0.4 is 11.3 Å². The first-order chi connectivity index (χ1) is 9.69. The fraction of sp³-hybridized carbons (Fsp3) is 0.188. The summed E-state index contributed by atoms with van der Waals surface area (Å²) < 4.78 is 0. The fourth-order valence-corrected chi connectivity index (χ4v) is 3.29. The number of nitrogens with one attached hydrogen (secondary N) is 1. The van der Waals surface area contributed by atoms with Crippen LogP contribution in [0.25, 0.3) is 10.9 Å². The monoisotopic (exact) mass is 283 g/mol. The van der Waals surface area contributed by atoms with Crippen LogP contribution in [0.3, 0.4) is 0 Å². The highest BCUT2D eigenvalue weighted by Crippen LogP contribution is 2.30. The largest absolute Gasteiger partial charge is 0.271 e. The molecule has 2 heterocycles. The van der Waals surface area contributed by atoms with Crippen LogP contribution in [0.15, 0.2) is 41.8 Å². The van der Waals surface area contributed by atoms with E-state index in [9.17, 15) is 0 Å². The van der Waals surface area contributed by atoms with Crippen LogP contribution in [0, 0.1) is 13.8 Å². The molecule has 1 atom stereocenters. The Kier molecular flexibility index (Phi) is 3.53. The highest BCUT2D eigenvalue weighted by atomic mass is 32.1. The van der Waals surface area contributed by atoms with Crippen LogP contribution >= 0.6 is 11.3 Å². The molecular weight excluding hydrogens is 266 g/mol. The molecule has 0 aliphatic rings. The molecule has 0 radical (unpaired) electrons. The second kappa shape index (κ2) is 5.32. The molecule has 20 heavy (non-hydrogen) atoms. The lowest BCUT2D eigenvalue weighted by Crippen LogP contribution is -2.28. The maximum absolute atomic E-state index is 5.82. The van der Waals surface area contributed by atoms with Crippen LogP contribution in [0.4, 0.5) is 0 Å². The van der Waals surface area contributed by atoms with E-state index in [4.69, 9.17) is 5.84 Å². The SMILES string of the molecule is Cc1cc(C(NN)c2csc(C)c2)c2ccccc2n1. The van der Waals surface area contributed by atoms with Gasteiger partial charge in [-0.2, -0.15) is 0 Å². The van der Waals surface area contributed by atoms with Gasteiger partial charge in [0.25, 0.3) is 0 Å². The van der Waals surface area contributed by atoms with Crippen LogP contribution in [-0.4, -0.2) is 4.98 Å². The smallest absolute Gasteiger partial charge is 0.0725 e. The van der Waals surface area contributed by atoms with Gasteiger partial charge in [-0.25, -0.2) is 5.43 Å². The predicted octanol–water partition coefficient (Wildman–Crippen LogP) is 3.47. The van der Waals surface area contributed by atoms with Crippen molar-refractivity contribution in [2.45, 2.75) is 19.9 Å². The molecule has 3 N–H and O–H groups in total. The highest BCUT2D eigenvalue weighted by Gasteiger charge is 2.17. The van der Waals surface area contributed by atoms with Gasteiger partial charge < -0.3 is 0 Å². The number of para-hydroxylation sites is 1. The maximum Gasteiger partial charge on any atom is 0.0725 e. The minimum atomic E-state index is -0.00782. The molecule has 0 aliphatic heterocycles. The van der Waals surface area contributed by atoms with Crippen molar-refractivity contribution in [3.05, 3.63) is 63.5 Å². The number of aromatic nitrogens is 1. The molecule has 1 aromatic carbocycles. The number of aryl methyl sites for hydroxylation is 2. The van der Waals surface area contributed by atoms with Crippen LogP contribution in [0.2, 0.25) is 0 Å². The number of pyridine rings is 1. The Balaban J connectivity index is 2.21. The number of nitrogens with two attached hydrogens (primary N) is 1. The van der Waals surface area contributed by atoms with Crippen molar-refractivity contribution in [2.75, 3.05) is 0 Å². The van der Waals surface area contributed by atoms with Crippen LogP contribution in [0.5, 0.6) is 0 Å². The summed E-state index contributed by atoms with van der Waals surface area (Å²) >= 11 is 1.74. The van der Waals surface area contributed by atoms with Crippen molar-refractivity contribution >= 4 is 22.2 Å². The summed E-state index contributed by atoms with van der Waals surface area (Å²) in [6.07, 6.45) is 0. The molecule has 3 aromatic rings. The normalized spacial score (nSPS) is 12.8. The number of fused-ring (bicyclic) bond motifs is 1. The molecule has 0 amide bonds. The zero-order valence-corrected chi connectivity index (χ0v) is 12.4. The van der Waals surface area contributed by atoms with Gasteiger partial charge in [0.05, 0.1) is 11.6 Å². The van der Waals surface area contributed by atoms with Gasteiger partial charge >= 0.3 is 0 Å². The molecule has 0 saturated carbocycles. The first-order valence-electron chi connectivity index (χ1n) is 6.56. The average Bonchev–Trinajstić information content (AvgIpc) is 2.86. The number of hydrogen-bond donors (Lipinski definition) is 2. The third kappa shape index (κ3) is 2.33. The molecule has 102 valence electrons. The van der Waals surface area contributed by atoms with Crippen molar-refractivity contribution in [3.63, 3.8) is 0 Å². The van der Waals surface area contributed by atoms with Crippen LogP contribution in [0.1, 0.15) is 27.7 Å². The second-order valence-electron chi connectivity index (χ2n) is 4.96. The summed E-state index contributed by atoms with van der Waals surface area (Å²) in [7, 11) is 0. The lowest BCUT2D eigenvalue weighted by Gasteiger charge is -2.18. The Morgan fingerprint density at radius 2 is 2.00 bits per heavy atom. The molecular formula is C16H17N3S. The zero-order chi connectivity index (χ0) is 14.1. The molecule has 4 heteroatoms. The van der Waals surface area contributed by atoms with Crippen molar-refractivity contribution in [1.29, 1.82) is 0 Å². The summed E-state index contributed by atoms with van der Waals surface area (Å²) in [6, 6.07) is 12.5. The Morgan fingerprint density at radius 1 is 1.20 bits per heavy atom.